The van der Waals surface area contributed by atoms with Crippen molar-refractivity contribution in [2.75, 3.05) is 20.2 Å². The molecule has 0 N–H and O–H groups in total. The molecule has 1 atom stereocenters. The van der Waals surface area contributed by atoms with Crippen molar-refractivity contribution in [3.8, 4) is 5.75 Å². The minimum atomic E-state index is 0.507. The molecule has 1 heterocycles. The van der Waals surface area contributed by atoms with Gasteiger partial charge in [-0.1, -0.05) is 0 Å². The highest BCUT2D eigenvalue weighted by Crippen LogP contribution is 2.26. The lowest BCUT2D eigenvalue weighted by Gasteiger charge is -2.20. The summed E-state index contributed by atoms with van der Waals surface area (Å²) >= 11 is 3.42. The minimum absolute atomic E-state index is 0.507. The lowest BCUT2D eigenvalue weighted by molar-refractivity contribution is 0.112. The summed E-state index contributed by atoms with van der Waals surface area (Å²) in [5.74, 6) is 0.802. The van der Waals surface area contributed by atoms with E-state index in [0.29, 0.717) is 18.2 Å². The summed E-state index contributed by atoms with van der Waals surface area (Å²) in [5, 5.41) is 0. The van der Waals surface area contributed by atoms with Gasteiger partial charge in [-0.2, -0.15) is 0 Å². The van der Waals surface area contributed by atoms with Crippen LogP contribution < -0.4 is 4.74 Å². The number of benzene rings is 1. The lowest BCUT2D eigenvalue weighted by atomic mass is 10.2. The van der Waals surface area contributed by atoms with Crippen LogP contribution in [0, 0.1) is 0 Å². The SMILES string of the molecule is CN1CCC[C@@H]1COc1ccc(C=O)cc1Br. The first-order valence-corrected chi connectivity index (χ1v) is 6.58. The number of hydrogen-bond donors (Lipinski definition) is 0. The summed E-state index contributed by atoms with van der Waals surface area (Å²) in [5.41, 5.74) is 0.655. The van der Waals surface area contributed by atoms with E-state index in [0.717, 1.165) is 23.1 Å². The van der Waals surface area contributed by atoms with E-state index in [4.69, 9.17) is 4.74 Å². The van der Waals surface area contributed by atoms with E-state index in [1.54, 1.807) is 12.1 Å². The number of carbonyl (C=O) groups excluding carboxylic acids is 1. The van der Waals surface area contributed by atoms with Crippen LogP contribution >= 0.6 is 15.9 Å². The molecule has 92 valence electrons. The van der Waals surface area contributed by atoms with Gasteiger partial charge >= 0.3 is 0 Å². The summed E-state index contributed by atoms with van der Waals surface area (Å²) in [7, 11) is 2.13. The molecule has 1 saturated heterocycles. The molecule has 1 aromatic carbocycles. The maximum absolute atomic E-state index is 10.6. The number of rotatable bonds is 4. The third-order valence-electron chi connectivity index (χ3n) is 3.19. The van der Waals surface area contributed by atoms with Gasteiger partial charge in [-0.15, -0.1) is 0 Å². The largest absolute Gasteiger partial charge is 0.491 e. The molecule has 1 aliphatic rings. The van der Waals surface area contributed by atoms with Gasteiger partial charge < -0.3 is 9.64 Å². The Labute approximate surface area is 110 Å². The van der Waals surface area contributed by atoms with E-state index in [1.165, 1.54) is 12.8 Å². The van der Waals surface area contributed by atoms with E-state index in [2.05, 4.69) is 27.9 Å². The number of carbonyl (C=O) groups is 1. The predicted octanol–water partition coefficient (Wildman–Crippen LogP) is 2.73. The van der Waals surface area contributed by atoms with Crippen LogP contribution in [0.1, 0.15) is 23.2 Å². The monoisotopic (exact) mass is 297 g/mol. The molecular weight excluding hydrogens is 282 g/mol. The van der Waals surface area contributed by atoms with E-state index in [1.807, 2.05) is 6.07 Å². The number of likely N-dealkylation sites (N-methyl/N-ethyl adjacent to an activating group) is 1. The molecule has 0 radical (unpaired) electrons. The second-order valence-corrected chi connectivity index (χ2v) is 5.25. The maximum atomic E-state index is 10.6. The zero-order valence-corrected chi connectivity index (χ0v) is 11.4. The van der Waals surface area contributed by atoms with Crippen LogP contribution in [0.3, 0.4) is 0 Å². The average molecular weight is 298 g/mol. The molecule has 0 unspecified atom stereocenters. The Morgan fingerprint density at radius 2 is 2.41 bits per heavy atom. The molecule has 1 fully saturated rings. The molecule has 17 heavy (non-hydrogen) atoms. The molecule has 0 aromatic heterocycles. The molecule has 1 aliphatic heterocycles. The van der Waals surface area contributed by atoms with Crippen molar-refractivity contribution in [1.82, 2.24) is 4.90 Å². The summed E-state index contributed by atoms with van der Waals surface area (Å²) in [6.45, 7) is 1.86. The quantitative estimate of drug-likeness (QED) is 0.801. The predicted molar refractivity (Wildman–Crippen MR) is 70.7 cm³/mol. The maximum Gasteiger partial charge on any atom is 0.150 e. The Balaban J connectivity index is 1.96. The highest BCUT2D eigenvalue weighted by molar-refractivity contribution is 9.10. The fourth-order valence-corrected chi connectivity index (χ4v) is 2.59. The topological polar surface area (TPSA) is 29.5 Å². The van der Waals surface area contributed by atoms with Crippen LogP contribution in [0.25, 0.3) is 0 Å². The average Bonchev–Trinajstić information content (AvgIpc) is 2.73. The van der Waals surface area contributed by atoms with Gasteiger partial charge in [0.15, 0.2) is 0 Å². The fourth-order valence-electron chi connectivity index (χ4n) is 2.08. The standard InChI is InChI=1S/C13H16BrNO2/c1-15-6-2-3-11(15)9-17-13-5-4-10(8-16)7-12(13)14/h4-5,7-8,11H,2-3,6,9H2,1H3/t11-/m1/s1. The van der Waals surface area contributed by atoms with Crippen LogP contribution in [0.5, 0.6) is 5.75 Å². The normalized spacial score (nSPS) is 20.5. The van der Waals surface area contributed by atoms with Gasteiger partial charge in [-0.3, -0.25) is 4.79 Å². The number of aldehydes is 1. The van der Waals surface area contributed by atoms with E-state index in [9.17, 15) is 4.79 Å². The van der Waals surface area contributed by atoms with Crippen molar-refractivity contribution < 1.29 is 9.53 Å². The summed E-state index contributed by atoms with van der Waals surface area (Å²) in [6, 6.07) is 5.89. The van der Waals surface area contributed by atoms with Crippen molar-refractivity contribution in [2.45, 2.75) is 18.9 Å². The number of hydrogen-bond acceptors (Lipinski definition) is 3. The third-order valence-corrected chi connectivity index (χ3v) is 3.81. The zero-order chi connectivity index (χ0) is 12.3. The van der Waals surface area contributed by atoms with Crippen molar-refractivity contribution in [3.63, 3.8) is 0 Å². The van der Waals surface area contributed by atoms with Gasteiger partial charge in [0.1, 0.15) is 18.6 Å². The smallest absolute Gasteiger partial charge is 0.150 e. The van der Waals surface area contributed by atoms with Crippen LogP contribution in [-0.2, 0) is 0 Å². The molecule has 0 bridgehead atoms. The van der Waals surface area contributed by atoms with Crippen molar-refractivity contribution in [3.05, 3.63) is 28.2 Å². The Morgan fingerprint density at radius 1 is 1.59 bits per heavy atom. The number of halogens is 1. The van der Waals surface area contributed by atoms with Gasteiger partial charge in [0.05, 0.1) is 4.47 Å². The van der Waals surface area contributed by atoms with Gasteiger partial charge in [0.2, 0.25) is 0 Å². The van der Waals surface area contributed by atoms with Crippen LogP contribution in [0.15, 0.2) is 22.7 Å². The van der Waals surface area contributed by atoms with Crippen molar-refractivity contribution in [2.24, 2.45) is 0 Å². The van der Waals surface area contributed by atoms with Crippen molar-refractivity contribution in [1.29, 1.82) is 0 Å². The summed E-state index contributed by atoms with van der Waals surface area (Å²) < 4.78 is 6.62. The second kappa shape index (κ2) is 5.65. The first kappa shape index (κ1) is 12.6. The van der Waals surface area contributed by atoms with Crippen LogP contribution in [0.4, 0.5) is 0 Å². The Bertz CT molecular complexity index is 408. The molecule has 4 heteroatoms. The number of nitrogens with zero attached hydrogens (tertiary/aromatic N) is 1. The Hall–Kier alpha value is -0.870. The van der Waals surface area contributed by atoms with Gasteiger partial charge in [-0.25, -0.2) is 0 Å². The van der Waals surface area contributed by atoms with Crippen LogP contribution in [0.2, 0.25) is 0 Å². The fraction of sp³-hybridized carbons (Fsp3) is 0.462. The lowest BCUT2D eigenvalue weighted by Crippen LogP contribution is -2.30. The summed E-state index contributed by atoms with van der Waals surface area (Å²) in [6.07, 6.45) is 3.27. The third kappa shape index (κ3) is 3.07. The molecule has 0 spiro atoms. The Morgan fingerprint density at radius 3 is 3.00 bits per heavy atom. The molecule has 0 saturated carbocycles. The molecular formula is C13H16BrNO2. The molecule has 3 nitrogen and oxygen atoms in total. The Kier molecular flexibility index (Phi) is 4.18. The molecule has 0 aliphatic carbocycles. The van der Waals surface area contributed by atoms with Gasteiger partial charge in [0.25, 0.3) is 0 Å². The number of likely N-dealkylation sites (tertiary alicyclic amines) is 1. The molecule has 0 amide bonds. The first-order valence-electron chi connectivity index (χ1n) is 5.78. The zero-order valence-electron chi connectivity index (χ0n) is 9.86. The van der Waals surface area contributed by atoms with E-state index < -0.39 is 0 Å². The van der Waals surface area contributed by atoms with Crippen LogP contribution in [-0.4, -0.2) is 37.4 Å². The molecule has 2 rings (SSSR count). The van der Waals surface area contributed by atoms with Crippen molar-refractivity contribution >= 4 is 22.2 Å². The van der Waals surface area contributed by atoms with Gasteiger partial charge in [0, 0.05) is 11.6 Å². The highest BCUT2D eigenvalue weighted by Gasteiger charge is 2.21. The number of ether oxygens (including phenoxy) is 1. The first-order chi connectivity index (χ1) is 8.20. The molecule has 1 aromatic rings. The second-order valence-electron chi connectivity index (χ2n) is 4.40. The highest BCUT2D eigenvalue weighted by atomic mass is 79.9. The summed E-state index contributed by atoms with van der Waals surface area (Å²) in [4.78, 5) is 12.9. The van der Waals surface area contributed by atoms with Gasteiger partial charge in [-0.05, 0) is 60.6 Å². The van der Waals surface area contributed by atoms with E-state index in [-0.39, 0.29) is 0 Å². The van der Waals surface area contributed by atoms with E-state index >= 15 is 0 Å². The minimum Gasteiger partial charge on any atom is -0.491 e.